The maximum absolute atomic E-state index is 15.0. The van der Waals surface area contributed by atoms with Gasteiger partial charge in [-0.1, -0.05) is 17.7 Å². The smallest absolute Gasteiger partial charge is 0.429 e. The third-order valence-corrected chi connectivity index (χ3v) is 6.32. The summed E-state index contributed by atoms with van der Waals surface area (Å²) >= 11 is 0. The summed E-state index contributed by atoms with van der Waals surface area (Å²) in [6, 6.07) is 1.56. The van der Waals surface area contributed by atoms with Crippen LogP contribution in [-0.2, 0) is 11.2 Å². The zero-order valence-electron chi connectivity index (χ0n) is 21.8. The van der Waals surface area contributed by atoms with E-state index >= 15 is 0 Å². The molecule has 0 bridgehead atoms. The average molecular weight is 614 g/mol. The highest BCUT2D eigenvalue weighted by Crippen LogP contribution is 2.43. The molecule has 1 aromatic rings. The Bertz CT molecular complexity index is 1400. The standard InChI is InChI=1S/C29H22F12O/c1-3-4-19(30)27(29(40,41)42-16-12-24(35)26(25(36)13-16)28(37,38)39)20(31)8-7-18-22(33)10-15(11-23(18)34)17-6-5-14(2)9-21(17)32/h3-5,8-13,17,24,26H,6-7H2,1-2H3/b4-3+,20-8+,27-19-. The van der Waals surface area contributed by atoms with E-state index in [4.69, 9.17) is 0 Å². The van der Waals surface area contributed by atoms with Crippen LogP contribution in [0, 0.1) is 17.6 Å². The highest BCUT2D eigenvalue weighted by atomic mass is 19.4. The number of rotatable bonds is 8. The molecular weight excluding hydrogens is 592 g/mol. The summed E-state index contributed by atoms with van der Waals surface area (Å²) < 4.78 is 174. The Labute approximate surface area is 232 Å². The van der Waals surface area contributed by atoms with E-state index in [2.05, 4.69) is 4.74 Å². The van der Waals surface area contributed by atoms with E-state index in [1.54, 1.807) is 13.0 Å². The lowest BCUT2D eigenvalue weighted by Crippen LogP contribution is -2.34. The lowest BCUT2D eigenvalue weighted by Gasteiger charge is -2.27. The summed E-state index contributed by atoms with van der Waals surface area (Å²) in [6.07, 6.45) is -10.8. The summed E-state index contributed by atoms with van der Waals surface area (Å²) in [4.78, 5) is 0. The van der Waals surface area contributed by atoms with E-state index in [-0.39, 0.29) is 30.2 Å². The molecule has 2 aliphatic carbocycles. The first-order chi connectivity index (χ1) is 19.5. The van der Waals surface area contributed by atoms with Crippen LogP contribution in [0.4, 0.5) is 52.7 Å². The number of alkyl halides is 6. The van der Waals surface area contributed by atoms with Crippen molar-refractivity contribution in [3.63, 3.8) is 0 Å². The molecule has 0 aromatic heterocycles. The van der Waals surface area contributed by atoms with Crippen molar-refractivity contribution >= 4 is 0 Å². The van der Waals surface area contributed by atoms with Crippen LogP contribution >= 0.6 is 0 Å². The first kappa shape index (κ1) is 32.9. The fraction of sp³-hybridized carbons (Fsp3) is 0.310. The van der Waals surface area contributed by atoms with Crippen LogP contribution in [0.2, 0.25) is 0 Å². The molecule has 0 spiro atoms. The minimum Gasteiger partial charge on any atom is -0.429 e. The quantitative estimate of drug-likeness (QED) is 0.209. The molecule has 1 aromatic carbocycles. The monoisotopic (exact) mass is 614 g/mol. The maximum Gasteiger partial charge on any atom is 0.432 e. The summed E-state index contributed by atoms with van der Waals surface area (Å²) in [5, 5.41) is 0. The third-order valence-electron chi connectivity index (χ3n) is 6.32. The summed E-state index contributed by atoms with van der Waals surface area (Å²) in [5.74, 6) is -15.3. The maximum atomic E-state index is 15.0. The zero-order valence-corrected chi connectivity index (χ0v) is 21.8. The molecule has 0 fully saturated rings. The largest absolute Gasteiger partial charge is 0.432 e. The number of allylic oxidation sites excluding steroid dienone is 11. The average Bonchev–Trinajstić information content (AvgIpc) is 2.81. The van der Waals surface area contributed by atoms with Gasteiger partial charge in [0.1, 0.15) is 58.4 Å². The molecule has 3 unspecified atom stereocenters. The Balaban J connectivity index is 1.91. The van der Waals surface area contributed by atoms with Crippen LogP contribution in [0.3, 0.4) is 0 Å². The highest BCUT2D eigenvalue weighted by molar-refractivity contribution is 5.41. The minimum absolute atomic E-state index is 0.0877. The van der Waals surface area contributed by atoms with Gasteiger partial charge in [0.05, 0.1) is 0 Å². The second-order valence-corrected chi connectivity index (χ2v) is 9.39. The van der Waals surface area contributed by atoms with Crippen molar-refractivity contribution < 1.29 is 57.4 Å². The van der Waals surface area contributed by atoms with Gasteiger partial charge in [-0.25, -0.2) is 30.7 Å². The molecule has 0 aliphatic heterocycles. The van der Waals surface area contributed by atoms with Gasteiger partial charge in [-0.05, 0) is 68.7 Å². The van der Waals surface area contributed by atoms with Gasteiger partial charge in [-0.15, -0.1) is 0 Å². The van der Waals surface area contributed by atoms with Crippen LogP contribution < -0.4 is 0 Å². The van der Waals surface area contributed by atoms with Crippen LogP contribution in [0.25, 0.3) is 0 Å². The van der Waals surface area contributed by atoms with Gasteiger partial charge < -0.3 is 4.74 Å². The van der Waals surface area contributed by atoms with Crippen LogP contribution in [0.5, 0.6) is 0 Å². The number of hydrogen-bond acceptors (Lipinski definition) is 1. The van der Waals surface area contributed by atoms with Crippen LogP contribution in [0.1, 0.15) is 37.3 Å². The molecule has 13 heteroatoms. The molecule has 0 N–H and O–H groups in total. The van der Waals surface area contributed by atoms with Crippen molar-refractivity contribution in [2.45, 2.75) is 51.1 Å². The van der Waals surface area contributed by atoms with Gasteiger partial charge in [-0.3, -0.25) is 0 Å². The molecule has 228 valence electrons. The van der Waals surface area contributed by atoms with Crippen LogP contribution in [-0.4, -0.2) is 18.5 Å². The highest BCUT2D eigenvalue weighted by Gasteiger charge is 2.50. The molecule has 1 nitrogen and oxygen atoms in total. The molecule has 3 atom stereocenters. The van der Waals surface area contributed by atoms with Crippen molar-refractivity contribution in [3.8, 4) is 0 Å². The second kappa shape index (κ2) is 12.7. The molecule has 0 saturated heterocycles. The fourth-order valence-corrected chi connectivity index (χ4v) is 4.30. The van der Waals surface area contributed by atoms with Crippen LogP contribution in [0.15, 0.2) is 94.9 Å². The predicted octanol–water partition coefficient (Wildman–Crippen LogP) is 10.3. The summed E-state index contributed by atoms with van der Waals surface area (Å²) in [7, 11) is 0. The zero-order chi connectivity index (χ0) is 31.6. The van der Waals surface area contributed by atoms with Crippen molar-refractivity contribution in [1.82, 2.24) is 0 Å². The van der Waals surface area contributed by atoms with Gasteiger partial charge in [-0.2, -0.15) is 22.0 Å². The normalized spacial score (nSPS) is 22.8. The second-order valence-electron chi connectivity index (χ2n) is 9.39. The van der Waals surface area contributed by atoms with Crippen molar-refractivity contribution in [1.29, 1.82) is 0 Å². The van der Waals surface area contributed by atoms with E-state index in [0.29, 0.717) is 11.6 Å². The first-order valence-corrected chi connectivity index (χ1v) is 12.2. The van der Waals surface area contributed by atoms with E-state index in [1.165, 1.54) is 6.08 Å². The van der Waals surface area contributed by atoms with Crippen molar-refractivity contribution in [2.75, 3.05) is 0 Å². The lowest BCUT2D eigenvalue weighted by atomic mass is 9.88. The van der Waals surface area contributed by atoms with Gasteiger partial charge in [0.25, 0.3) is 0 Å². The SMILES string of the molecule is C/C=C/C(F)=C(\C(F)=C/Cc1c(F)cc(C2CC=C(C)C=C2F)cc1F)C(F)(F)OC1=CC(F)C(C(F)(F)F)C(F)=C1. The Kier molecular flexibility index (Phi) is 9.94. The third kappa shape index (κ3) is 7.40. The molecule has 42 heavy (non-hydrogen) atoms. The topological polar surface area (TPSA) is 9.23 Å². The molecular formula is C29H22F12O. The molecule has 0 saturated carbocycles. The van der Waals surface area contributed by atoms with Gasteiger partial charge in [0.2, 0.25) is 0 Å². The van der Waals surface area contributed by atoms with Crippen molar-refractivity contribution in [3.05, 3.63) is 118 Å². The molecule has 0 heterocycles. The van der Waals surface area contributed by atoms with Crippen molar-refractivity contribution in [2.24, 2.45) is 5.92 Å². The number of halogens is 12. The molecule has 3 rings (SSSR count). The number of hydrogen-bond donors (Lipinski definition) is 0. The Hall–Kier alpha value is -3.64. The Morgan fingerprint density at radius 2 is 1.60 bits per heavy atom. The molecule has 2 aliphatic rings. The summed E-state index contributed by atoms with van der Waals surface area (Å²) in [5.41, 5.74) is -2.49. The van der Waals surface area contributed by atoms with E-state index < -0.39 is 88.6 Å². The predicted molar refractivity (Wildman–Crippen MR) is 130 cm³/mol. The summed E-state index contributed by atoms with van der Waals surface area (Å²) in [6.45, 7) is 2.78. The fourth-order valence-electron chi connectivity index (χ4n) is 4.30. The Morgan fingerprint density at radius 1 is 0.976 bits per heavy atom. The number of benzene rings is 1. The van der Waals surface area contributed by atoms with E-state index in [0.717, 1.165) is 25.1 Å². The Morgan fingerprint density at radius 3 is 2.12 bits per heavy atom. The molecule has 0 amide bonds. The van der Waals surface area contributed by atoms with Gasteiger partial charge in [0.15, 0.2) is 0 Å². The number of ether oxygens (including phenoxy) is 1. The first-order valence-electron chi connectivity index (χ1n) is 12.2. The van der Waals surface area contributed by atoms with E-state index in [1.807, 2.05) is 0 Å². The minimum atomic E-state index is -5.41. The lowest BCUT2D eigenvalue weighted by molar-refractivity contribution is -0.188. The molecule has 0 radical (unpaired) electrons. The van der Waals surface area contributed by atoms with E-state index in [9.17, 15) is 52.7 Å². The van der Waals surface area contributed by atoms with Gasteiger partial charge in [0, 0.05) is 17.6 Å². The van der Waals surface area contributed by atoms with Gasteiger partial charge >= 0.3 is 12.3 Å².